The fourth-order valence-electron chi connectivity index (χ4n) is 2.19. The number of amides is 1. The number of carbonyl (C=O) groups is 1. The first-order chi connectivity index (χ1) is 8.74. The first-order valence-corrected chi connectivity index (χ1v) is 5.87. The van der Waals surface area contributed by atoms with Gasteiger partial charge in [0.05, 0.1) is 0 Å². The molecule has 90 valence electrons. The Morgan fingerprint density at radius 2 is 2.17 bits per heavy atom. The van der Waals surface area contributed by atoms with Crippen LogP contribution in [0.5, 0.6) is 0 Å². The van der Waals surface area contributed by atoms with Crippen LogP contribution in [0, 0.1) is 0 Å². The predicted octanol–water partition coefficient (Wildman–Crippen LogP) is 1.82. The molecule has 1 aliphatic rings. The number of rotatable bonds is 2. The number of nitrogens with one attached hydrogen (secondary N) is 1. The lowest BCUT2D eigenvalue weighted by atomic mass is 10.0. The summed E-state index contributed by atoms with van der Waals surface area (Å²) in [5.74, 6) is 0.553. The molecule has 0 unspecified atom stereocenters. The zero-order valence-corrected chi connectivity index (χ0v) is 9.81. The van der Waals surface area contributed by atoms with E-state index in [4.69, 9.17) is 5.73 Å². The van der Waals surface area contributed by atoms with Gasteiger partial charge in [-0.3, -0.25) is 4.79 Å². The molecule has 3 rings (SSSR count). The second-order valence-corrected chi connectivity index (χ2v) is 4.35. The maximum atomic E-state index is 11.2. The van der Waals surface area contributed by atoms with E-state index in [1.165, 1.54) is 5.56 Å². The van der Waals surface area contributed by atoms with Crippen LogP contribution in [0.15, 0.2) is 36.5 Å². The second-order valence-electron chi connectivity index (χ2n) is 4.35. The first kappa shape index (κ1) is 10.8. The second kappa shape index (κ2) is 4.14. The van der Waals surface area contributed by atoms with Crippen LogP contribution in [0.4, 0.5) is 5.82 Å². The fraction of sp³-hybridized carbons (Fsp3) is 0.143. The summed E-state index contributed by atoms with van der Waals surface area (Å²) in [6, 6.07) is 9.42. The number of nitrogens with two attached hydrogens (primary N) is 1. The van der Waals surface area contributed by atoms with Crippen molar-refractivity contribution >= 4 is 11.7 Å². The third kappa shape index (κ3) is 1.82. The van der Waals surface area contributed by atoms with Crippen LogP contribution in [0.3, 0.4) is 0 Å². The number of primary amides is 1. The summed E-state index contributed by atoms with van der Waals surface area (Å²) in [5.41, 5.74) is 9.01. The number of anilines is 1. The molecule has 0 radical (unpaired) electrons. The zero-order valence-electron chi connectivity index (χ0n) is 9.81. The smallest absolute Gasteiger partial charge is 0.248 e. The number of benzene rings is 1. The maximum Gasteiger partial charge on any atom is 0.248 e. The minimum absolute atomic E-state index is 0.410. The van der Waals surface area contributed by atoms with Gasteiger partial charge >= 0.3 is 0 Å². The molecule has 1 aliphatic heterocycles. The Morgan fingerprint density at radius 3 is 3.00 bits per heavy atom. The SMILES string of the molecule is NC(=O)c1cccc(-c2cnc3c(c2)CCN3)c1. The Balaban J connectivity index is 2.04. The van der Waals surface area contributed by atoms with Gasteiger partial charge in [0.2, 0.25) is 5.91 Å². The van der Waals surface area contributed by atoms with Gasteiger partial charge < -0.3 is 11.1 Å². The summed E-state index contributed by atoms with van der Waals surface area (Å²) in [6.45, 7) is 0.938. The van der Waals surface area contributed by atoms with Gasteiger partial charge in [0.15, 0.2) is 0 Å². The van der Waals surface area contributed by atoms with Crippen molar-refractivity contribution in [2.45, 2.75) is 6.42 Å². The summed E-state index contributed by atoms with van der Waals surface area (Å²) in [7, 11) is 0. The topological polar surface area (TPSA) is 68.0 Å². The highest BCUT2D eigenvalue weighted by atomic mass is 16.1. The minimum atomic E-state index is -0.410. The molecule has 4 nitrogen and oxygen atoms in total. The van der Waals surface area contributed by atoms with Gasteiger partial charge in [-0.2, -0.15) is 0 Å². The molecule has 0 spiro atoms. The van der Waals surface area contributed by atoms with Gasteiger partial charge in [-0.1, -0.05) is 12.1 Å². The molecule has 0 aliphatic carbocycles. The molecule has 3 N–H and O–H groups in total. The highest BCUT2D eigenvalue weighted by molar-refractivity contribution is 5.94. The van der Waals surface area contributed by atoms with Crippen molar-refractivity contribution in [3.63, 3.8) is 0 Å². The Bertz CT molecular complexity index is 622. The molecule has 2 heterocycles. The predicted molar refractivity (Wildman–Crippen MR) is 70.4 cm³/mol. The van der Waals surface area contributed by atoms with Crippen molar-refractivity contribution in [3.05, 3.63) is 47.7 Å². The van der Waals surface area contributed by atoms with Crippen molar-refractivity contribution in [2.24, 2.45) is 5.73 Å². The molecule has 18 heavy (non-hydrogen) atoms. The lowest BCUT2D eigenvalue weighted by Gasteiger charge is -2.05. The molecule has 0 saturated heterocycles. The first-order valence-electron chi connectivity index (χ1n) is 5.87. The average molecular weight is 239 g/mol. The van der Waals surface area contributed by atoms with Crippen LogP contribution in [0.1, 0.15) is 15.9 Å². The molecule has 4 heteroatoms. The summed E-state index contributed by atoms with van der Waals surface area (Å²) < 4.78 is 0. The summed E-state index contributed by atoms with van der Waals surface area (Å²) >= 11 is 0. The summed E-state index contributed by atoms with van der Waals surface area (Å²) in [4.78, 5) is 15.6. The Labute approximate surface area is 105 Å². The van der Waals surface area contributed by atoms with E-state index in [0.717, 1.165) is 29.9 Å². The highest BCUT2D eigenvalue weighted by Crippen LogP contribution is 2.26. The van der Waals surface area contributed by atoms with Crippen molar-refractivity contribution in [1.29, 1.82) is 0 Å². The van der Waals surface area contributed by atoms with Crippen LogP contribution >= 0.6 is 0 Å². The number of fused-ring (bicyclic) bond motifs is 1. The number of aromatic nitrogens is 1. The van der Waals surface area contributed by atoms with Crippen molar-refractivity contribution in [3.8, 4) is 11.1 Å². The van der Waals surface area contributed by atoms with E-state index in [-0.39, 0.29) is 0 Å². The molecular weight excluding hydrogens is 226 g/mol. The number of carbonyl (C=O) groups excluding carboxylic acids is 1. The van der Waals surface area contributed by atoms with E-state index in [2.05, 4.69) is 16.4 Å². The van der Waals surface area contributed by atoms with E-state index in [1.807, 2.05) is 18.3 Å². The van der Waals surface area contributed by atoms with Crippen LogP contribution in [-0.2, 0) is 6.42 Å². The lowest BCUT2D eigenvalue weighted by Crippen LogP contribution is -2.10. The Hall–Kier alpha value is -2.36. The molecule has 0 bridgehead atoms. The Kier molecular flexibility index (Phi) is 2.48. The van der Waals surface area contributed by atoms with Crippen molar-refractivity contribution in [2.75, 3.05) is 11.9 Å². The standard InChI is InChI=1S/C14H13N3O/c15-13(18)10-3-1-2-9(6-10)12-7-11-4-5-16-14(11)17-8-12/h1-3,6-8H,4-5H2,(H2,15,18)(H,16,17). The zero-order chi connectivity index (χ0) is 12.5. The van der Waals surface area contributed by atoms with Gasteiger partial charge in [-0.25, -0.2) is 4.98 Å². The van der Waals surface area contributed by atoms with Gasteiger partial charge in [-0.15, -0.1) is 0 Å². The molecule has 0 atom stereocenters. The van der Waals surface area contributed by atoms with E-state index in [0.29, 0.717) is 5.56 Å². The minimum Gasteiger partial charge on any atom is -0.370 e. The Morgan fingerprint density at radius 1 is 1.28 bits per heavy atom. The summed E-state index contributed by atoms with van der Waals surface area (Å²) in [5, 5.41) is 3.22. The van der Waals surface area contributed by atoms with E-state index in [1.54, 1.807) is 12.1 Å². The quantitative estimate of drug-likeness (QED) is 0.839. The number of pyridine rings is 1. The average Bonchev–Trinajstić information content (AvgIpc) is 2.86. The van der Waals surface area contributed by atoms with Crippen molar-refractivity contribution in [1.82, 2.24) is 4.98 Å². The highest BCUT2D eigenvalue weighted by Gasteiger charge is 2.12. The monoisotopic (exact) mass is 239 g/mol. The van der Waals surface area contributed by atoms with Crippen LogP contribution in [-0.4, -0.2) is 17.4 Å². The maximum absolute atomic E-state index is 11.2. The third-order valence-electron chi connectivity index (χ3n) is 3.13. The number of hydrogen-bond acceptors (Lipinski definition) is 3. The molecule has 0 saturated carbocycles. The summed E-state index contributed by atoms with van der Waals surface area (Å²) in [6.07, 6.45) is 2.81. The van der Waals surface area contributed by atoms with Gasteiger partial charge in [-0.05, 0) is 35.7 Å². The largest absolute Gasteiger partial charge is 0.370 e. The van der Waals surface area contributed by atoms with Gasteiger partial charge in [0, 0.05) is 23.9 Å². The molecule has 1 aromatic carbocycles. The fourth-order valence-corrected chi connectivity index (χ4v) is 2.19. The van der Waals surface area contributed by atoms with Crippen molar-refractivity contribution < 1.29 is 4.79 Å². The van der Waals surface area contributed by atoms with Crippen LogP contribution in [0.25, 0.3) is 11.1 Å². The number of hydrogen-bond donors (Lipinski definition) is 2. The van der Waals surface area contributed by atoms with Crippen LogP contribution < -0.4 is 11.1 Å². The molecule has 2 aromatic rings. The van der Waals surface area contributed by atoms with Crippen LogP contribution in [0.2, 0.25) is 0 Å². The number of nitrogens with zero attached hydrogens (tertiary/aromatic N) is 1. The normalized spacial score (nSPS) is 12.9. The van der Waals surface area contributed by atoms with Gasteiger partial charge in [0.25, 0.3) is 0 Å². The van der Waals surface area contributed by atoms with E-state index >= 15 is 0 Å². The molecular formula is C14H13N3O. The molecule has 1 amide bonds. The van der Waals surface area contributed by atoms with Gasteiger partial charge in [0.1, 0.15) is 5.82 Å². The van der Waals surface area contributed by atoms with E-state index < -0.39 is 5.91 Å². The lowest BCUT2D eigenvalue weighted by molar-refractivity contribution is 0.100. The molecule has 0 fully saturated rings. The van der Waals surface area contributed by atoms with E-state index in [9.17, 15) is 4.79 Å². The third-order valence-corrected chi connectivity index (χ3v) is 3.13. The molecule has 1 aromatic heterocycles.